The lowest BCUT2D eigenvalue weighted by Gasteiger charge is -2.38. The molecule has 0 fully saturated rings. The first-order valence-electron chi connectivity index (χ1n) is 45.8. The van der Waals surface area contributed by atoms with Crippen LogP contribution >= 0.6 is 0 Å². The molecule has 14 rings (SSSR count). The predicted molar refractivity (Wildman–Crippen MR) is 561 cm³/mol. The zero-order valence-electron chi connectivity index (χ0n) is 87.1. The summed E-state index contributed by atoms with van der Waals surface area (Å²) in [4.78, 5) is 0. The number of rotatable bonds is 23. The monoisotopic (exact) mass is 1950 g/mol. The third kappa shape index (κ3) is 36.3. The summed E-state index contributed by atoms with van der Waals surface area (Å²) in [6.45, 7) is 31.5. The number of halogens is 6. The van der Waals surface area contributed by atoms with Crippen LogP contribution in [0.2, 0.25) is 0 Å². The van der Waals surface area contributed by atoms with Gasteiger partial charge in [0.2, 0.25) is 5.41 Å². The molecule has 0 amide bonds. The molecule has 22 heteroatoms. The van der Waals surface area contributed by atoms with Crippen LogP contribution in [0.5, 0.6) is 103 Å². The van der Waals surface area contributed by atoms with E-state index in [1.54, 1.807) is 85.3 Å². The van der Waals surface area contributed by atoms with Gasteiger partial charge in [0.05, 0.1) is 99.5 Å². The molecule has 0 aliphatic rings. The Morgan fingerprint density at radius 1 is 0.148 bits per heavy atom. The van der Waals surface area contributed by atoms with Gasteiger partial charge in [-0.15, -0.1) is 0 Å². The minimum atomic E-state index is -5.62. The van der Waals surface area contributed by atoms with E-state index in [4.69, 9.17) is 75.8 Å². The van der Waals surface area contributed by atoms with Gasteiger partial charge in [0.25, 0.3) is 0 Å². The molecule has 142 heavy (non-hydrogen) atoms. The predicted octanol–water partition coefficient (Wildman–Crippen LogP) is 31.5. The summed E-state index contributed by atoms with van der Waals surface area (Å²) in [5.74, 6) is 13.3. The summed E-state index contributed by atoms with van der Waals surface area (Å²) >= 11 is 0. The molecule has 0 bridgehead atoms. The van der Waals surface area contributed by atoms with Gasteiger partial charge in [0.15, 0.2) is 0 Å². The third-order valence-electron chi connectivity index (χ3n) is 22.5. The van der Waals surface area contributed by atoms with Crippen LogP contribution in [0, 0.1) is 0 Å². The lowest BCUT2D eigenvalue weighted by atomic mass is 9.73. The zero-order chi connectivity index (χ0) is 105. The molecule has 0 unspecified atom stereocenters. The van der Waals surface area contributed by atoms with E-state index in [0.29, 0.717) is 0 Å². The molecule has 0 saturated heterocycles. The van der Waals surface area contributed by atoms with Gasteiger partial charge in [-0.3, -0.25) is 0 Å². The van der Waals surface area contributed by atoms with Gasteiger partial charge < -0.3 is 75.8 Å². The van der Waals surface area contributed by atoms with E-state index in [9.17, 15) is 26.3 Å². The first kappa shape index (κ1) is 116. The van der Waals surface area contributed by atoms with Gasteiger partial charge in [0.1, 0.15) is 103 Å². The second kappa shape index (κ2) is 55.5. The highest BCUT2D eigenvalue weighted by atomic mass is 19.4. The SMILES string of the molecule is CC(C)(C)c1ccc(C(C)(C)C)cc1.CC(C)(C)c1cccc(C(C)(C)C)c1.COc1ccc(-c2ccc(OC)cc2)cc1.COc1ccc(C(C)(C)c2ccc(OC)cc2)cc1.COc1ccc(C(c2ccc(OC)cc2)(C(F)(F)F)C(F)(F)F)cc1.COc1ccc(OC)cc1.COc1ccc(Oc2ccc(OC)cc2)cc1.COc1cccc(OC)c1.COc1cccc(Oc2cccc(OC)c2)c1. The highest BCUT2D eigenvalue weighted by Gasteiger charge is 2.72. The highest BCUT2D eigenvalue weighted by Crippen LogP contribution is 2.57. The Kier molecular flexibility index (Phi) is 45.4. The number of hydrogen-bond acceptors (Lipinski definition) is 16. The van der Waals surface area contributed by atoms with Crippen LogP contribution in [0.15, 0.2) is 340 Å². The molecule has 0 radical (unpaired) electrons. The van der Waals surface area contributed by atoms with E-state index in [-0.39, 0.29) is 38.6 Å². The standard InChI is InChI=1S/C17H14F6O2.C17H20O2.2C14H14O3.C14H14O2.2C14H22.2C8H10O2/c1-24-13-7-3-11(4-8-13)15(16(18,19)20,17(21,22)23)12-5-9-14(25-2)10-6-12;1-17(2,13-5-9-15(18-3)10-6-13)14-7-11-16(19-4)12-8-14;1-15-11-3-7-13(8-4-11)17-14-9-5-12(16-2)6-10-14;1-15-11-5-3-7-13(9-11)17-14-8-4-6-12(10-14)16-2;1-15-13-7-3-11(4-8-13)12-5-9-14(16-2)10-6-12;1-13(2,3)11-7-9-12(10-8-11)14(4,5)6;1-13(2,3)11-8-7-9-12(10-11)14(4,5)6;1-9-7-3-5-8(10-2)6-4-7;1-9-7-4-3-5-8(6-7)10-2/h3-10H,1-2H3;5-12H,1-4H3;2*3-10H,1-2H3;3-10H,1-2H3;2*7-10H,1-6H3;2*3-6H,1-2H3. The molecule has 0 atom stereocenters. The van der Waals surface area contributed by atoms with Gasteiger partial charge in [0, 0.05) is 23.6 Å². The van der Waals surface area contributed by atoms with E-state index in [0.717, 1.165) is 141 Å². The summed E-state index contributed by atoms with van der Waals surface area (Å²) in [5, 5.41) is 0. The van der Waals surface area contributed by atoms with Crippen molar-refractivity contribution >= 4 is 0 Å². The number of methoxy groups -OCH3 is 14. The molecule has 0 saturated carbocycles. The molecular weight excluding hydrogens is 1810 g/mol. The maximum atomic E-state index is 13.8. The van der Waals surface area contributed by atoms with Crippen LogP contribution in [0.1, 0.15) is 141 Å². The van der Waals surface area contributed by atoms with E-state index in [2.05, 4.69) is 170 Å². The van der Waals surface area contributed by atoms with E-state index < -0.39 is 28.9 Å². The van der Waals surface area contributed by atoms with Crippen LogP contribution in [-0.4, -0.2) is 112 Å². The molecule has 0 aliphatic heterocycles. The van der Waals surface area contributed by atoms with E-state index >= 15 is 0 Å². The van der Waals surface area contributed by atoms with Crippen LogP contribution < -0.4 is 75.8 Å². The largest absolute Gasteiger partial charge is 0.497 e. The quantitative estimate of drug-likeness (QED) is 0.0559. The van der Waals surface area contributed by atoms with Crippen LogP contribution in [0.25, 0.3) is 11.1 Å². The lowest BCUT2D eigenvalue weighted by molar-refractivity contribution is -0.288. The fourth-order valence-electron chi connectivity index (χ4n) is 13.7. The van der Waals surface area contributed by atoms with Crippen molar-refractivity contribution in [1.82, 2.24) is 0 Å². The summed E-state index contributed by atoms with van der Waals surface area (Å²) in [5.41, 5.74) is 5.44. The molecule has 0 spiro atoms. The molecule has 0 aromatic heterocycles. The average Bonchev–Trinajstić information content (AvgIpc) is 0.714. The number of benzene rings is 14. The molecule has 0 heterocycles. The van der Waals surface area contributed by atoms with Gasteiger partial charge in [-0.25, -0.2) is 0 Å². The number of ether oxygens (including phenoxy) is 16. The molecule has 0 N–H and O–H groups in total. The Hall–Kier alpha value is -14.5. The summed E-state index contributed by atoms with van der Waals surface area (Å²) in [7, 11) is 22.3. The summed E-state index contributed by atoms with van der Waals surface area (Å²) in [6.07, 6.45) is -11.2. The average molecular weight is 1950 g/mol. The van der Waals surface area contributed by atoms with E-state index in [1.165, 1.54) is 58.7 Å². The number of hydrogen-bond donors (Lipinski definition) is 0. The molecule has 16 nitrogen and oxygen atoms in total. The van der Waals surface area contributed by atoms with Crippen LogP contribution in [0.4, 0.5) is 26.3 Å². The second-order valence-corrected chi connectivity index (χ2v) is 36.6. The molecule has 0 aliphatic carbocycles. The summed E-state index contributed by atoms with van der Waals surface area (Å²) < 4.78 is 165. The normalized spacial score (nSPS) is 11.0. The highest BCUT2D eigenvalue weighted by molar-refractivity contribution is 5.65. The molecule has 14 aromatic carbocycles. The van der Waals surface area contributed by atoms with Gasteiger partial charge in [-0.05, 0) is 259 Å². The van der Waals surface area contributed by atoms with Crippen LogP contribution in [0.3, 0.4) is 0 Å². The van der Waals surface area contributed by atoms with Gasteiger partial charge >= 0.3 is 12.4 Å². The van der Waals surface area contributed by atoms with Gasteiger partial charge in [-0.2, -0.15) is 26.3 Å². The fourth-order valence-corrected chi connectivity index (χ4v) is 13.7. The minimum Gasteiger partial charge on any atom is -0.497 e. The number of alkyl halides is 6. The fraction of sp³-hybridized carbons (Fsp3) is 0.300. The van der Waals surface area contributed by atoms with Crippen molar-refractivity contribution in [2.24, 2.45) is 0 Å². The van der Waals surface area contributed by atoms with Crippen molar-refractivity contribution < 1.29 is 102 Å². The molecule has 758 valence electrons. The smallest absolute Gasteiger partial charge is 0.411 e. The van der Waals surface area contributed by atoms with Crippen molar-refractivity contribution in [1.29, 1.82) is 0 Å². The maximum absolute atomic E-state index is 13.8. The van der Waals surface area contributed by atoms with Crippen molar-refractivity contribution in [3.05, 3.63) is 384 Å². The Labute approximate surface area is 837 Å². The van der Waals surface area contributed by atoms with Crippen molar-refractivity contribution in [2.45, 2.75) is 142 Å². The topological polar surface area (TPSA) is 148 Å². The first-order valence-corrected chi connectivity index (χ1v) is 45.8. The molecular formula is C120H140F6O16. The Bertz CT molecular complexity index is 5570. The Morgan fingerprint density at radius 3 is 0.514 bits per heavy atom. The van der Waals surface area contributed by atoms with Crippen molar-refractivity contribution in [2.75, 3.05) is 99.5 Å². The Morgan fingerprint density at radius 2 is 0.310 bits per heavy atom. The lowest BCUT2D eigenvalue weighted by Crippen LogP contribution is -2.54. The second-order valence-electron chi connectivity index (χ2n) is 36.6. The Balaban J connectivity index is 0.000000247. The van der Waals surface area contributed by atoms with Crippen LogP contribution in [-0.2, 0) is 32.5 Å². The van der Waals surface area contributed by atoms with E-state index in [1.807, 2.05) is 218 Å². The third-order valence-corrected chi connectivity index (χ3v) is 22.5. The minimum absolute atomic E-state index is 0.0431. The molecule has 14 aromatic rings. The van der Waals surface area contributed by atoms with Crippen molar-refractivity contribution in [3.63, 3.8) is 0 Å². The summed E-state index contributed by atoms with van der Waals surface area (Å²) in [6, 6.07) is 102. The van der Waals surface area contributed by atoms with Crippen molar-refractivity contribution in [3.8, 4) is 115 Å². The zero-order valence-corrected chi connectivity index (χ0v) is 87.1. The first-order chi connectivity index (χ1) is 67.3. The maximum Gasteiger partial charge on any atom is 0.411 e. The van der Waals surface area contributed by atoms with Gasteiger partial charge in [-0.1, -0.05) is 236 Å².